The van der Waals surface area contributed by atoms with Gasteiger partial charge in [-0.15, -0.1) is 0 Å². The molecule has 0 aromatic carbocycles. The molecule has 1 saturated heterocycles. The van der Waals surface area contributed by atoms with Gasteiger partial charge in [-0.1, -0.05) is 0 Å². The number of nitrogens with one attached hydrogen (secondary N) is 2. The second-order valence-corrected chi connectivity index (χ2v) is 4.81. The second-order valence-electron chi connectivity index (χ2n) is 4.81. The van der Waals surface area contributed by atoms with E-state index in [1.165, 1.54) is 38.8 Å². The molecule has 82 valence electrons. The highest BCUT2D eigenvalue weighted by Gasteiger charge is 2.41. The zero-order valence-electron chi connectivity index (χ0n) is 9.14. The van der Waals surface area contributed by atoms with Gasteiger partial charge >= 0.3 is 0 Å². The van der Waals surface area contributed by atoms with Gasteiger partial charge in [0.2, 0.25) is 0 Å². The normalized spacial score (nSPS) is 29.4. The maximum atomic E-state index is 5.15. The molecule has 0 aromatic heterocycles. The summed E-state index contributed by atoms with van der Waals surface area (Å²) < 4.78 is 5.15. The monoisotopic (exact) mass is 198 g/mol. The van der Waals surface area contributed by atoms with Crippen LogP contribution < -0.4 is 10.6 Å². The summed E-state index contributed by atoms with van der Waals surface area (Å²) in [6.07, 6.45) is 5.31. The standard InChI is InChI=1S/C11H22N2O/c1-14-7-5-11(3-4-11)9-13-10-2-6-12-8-10/h10,12-13H,2-9H2,1H3. The zero-order chi connectivity index (χ0) is 9.86. The molecule has 0 spiro atoms. The molecule has 2 fully saturated rings. The van der Waals surface area contributed by atoms with Gasteiger partial charge in [0.25, 0.3) is 0 Å². The fourth-order valence-corrected chi connectivity index (χ4v) is 2.20. The summed E-state index contributed by atoms with van der Waals surface area (Å²) in [6, 6.07) is 0.718. The summed E-state index contributed by atoms with van der Waals surface area (Å²) in [6.45, 7) is 4.45. The van der Waals surface area contributed by atoms with Crippen molar-refractivity contribution in [1.29, 1.82) is 0 Å². The van der Waals surface area contributed by atoms with E-state index in [1.54, 1.807) is 7.11 Å². The van der Waals surface area contributed by atoms with Gasteiger partial charge < -0.3 is 15.4 Å². The molecule has 14 heavy (non-hydrogen) atoms. The van der Waals surface area contributed by atoms with Crippen LogP contribution in [0.3, 0.4) is 0 Å². The van der Waals surface area contributed by atoms with E-state index in [2.05, 4.69) is 10.6 Å². The largest absolute Gasteiger partial charge is 0.385 e. The van der Waals surface area contributed by atoms with Crippen molar-refractivity contribution >= 4 is 0 Å². The molecule has 3 nitrogen and oxygen atoms in total. The first kappa shape index (κ1) is 10.4. The lowest BCUT2D eigenvalue weighted by Crippen LogP contribution is -2.35. The molecule has 2 rings (SSSR count). The molecule has 2 aliphatic rings. The predicted molar refractivity (Wildman–Crippen MR) is 57.4 cm³/mol. The molecule has 0 aromatic rings. The van der Waals surface area contributed by atoms with E-state index in [4.69, 9.17) is 4.74 Å². The Labute approximate surface area is 86.6 Å². The molecule has 1 saturated carbocycles. The van der Waals surface area contributed by atoms with Crippen LogP contribution in [0.1, 0.15) is 25.7 Å². The molecule has 1 atom stereocenters. The van der Waals surface area contributed by atoms with Gasteiger partial charge in [0.1, 0.15) is 0 Å². The molecule has 1 aliphatic carbocycles. The Hall–Kier alpha value is -0.120. The lowest BCUT2D eigenvalue weighted by molar-refractivity contribution is 0.170. The Morgan fingerprint density at radius 1 is 1.50 bits per heavy atom. The van der Waals surface area contributed by atoms with Gasteiger partial charge in [-0.2, -0.15) is 0 Å². The van der Waals surface area contributed by atoms with Crippen LogP contribution in [-0.2, 0) is 4.74 Å². The zero-order valence-corrected chi connectivity index (χ0v) is 9.14. The minimum absolute atomic E-state index is 0.596. The lowest BCUT2D eigenvalue weighted by Gasteiger charge is -2.18. The van der Waals surface area contributed by atoms with Crippen LogP contribution in [0.2, 0.25) is 0 Å². The summed E-state index contributed by atoms with van der Waals surface area (Å²) in [4.78, 5) is 0. The van der Waals surface area contributed by atoms with Crippen LogP contribution in [0.15, 0.2) is 0 Å². The van der Waals surface area contributed by atoms with Crippen LogP contribution in [0.25, 0.3) is 0 Å². The van der Waals surface area contributed by atoms with Crippen LogP contribution in [0.4, 0.5) is 0 Å². The summed E-state index contributed by atoms with van der Waals surface area (Å²) >= 11 is 0. The Balaban J connectivity index is 1.63. The van der Waals surface area contributed by atoms with E-state index >= 15 is 0 Å². The van der Waals surface area contributed by atoms with Gasteiger partial charge in [0.05, 0.1) is 0 Å². The van der Waals surface area contributed by atoms with E-state index in [0.717, 1.165) is 19.2 Å². The second kappa shape index (κ2) is 4.60. The van der Waals surface area contributed by atoms with Crippen LogP contribution in [-0.4, -0.2) is 39.4 Å². The average molecular weight is 198 g/mol. The number of hydrogen-bond donors (Lipinski definition) is 2. The number of methoxy groups -OCH3 is 1. The smallest absolute Gasteiger partial charge is 0.0468 e. The Morgan fingerprint density at radius 3 is 2.93 bits per heavy atom. The molecule has 0 bridgehead atoms. The van der Waals surface area contributed by atoms with E-state index in [0.29, 0.717) is 5.41 Å². The first-order valence-corrected chi connectivity index (χ1v) is 5.78. The molecule has 3 heteroatoms. The lowest BCUT2D eigenvalue weighted by atomic mass is 10.0. The van der Waals surface area contributed by atoms with E-state index < -0.39 is 0 Å². The molecule has 1 heterocycles. The molecule has 0 radical (unpaired) electrons. The highest BCUT2D eigenvalue weighted by molar-refractivity contribution is 4.96. The third-order valence-corrected chi connectivity index (χ3v) is 3.62. The summed E-state index contributed by atoms with van der Waals surface area (Å²) in [7, 11) is 1.80. The van der Waals surface area contributed by atoms with Crippen molar-refractivity contribution in [2.75, 3.05) is 33.4 Å². The van der Waals surface area contributed by atoms with Gasteiger partial charge in [0, 0.05) is 32.8 Å². The molecule has 0 amide bonds. The van der Waals surface area contributed by atoms with Gasteiger partial charge in [-0.3, -0.25) is 0 Å². The summed E-state index contributed by atoms with van der Waals surface area (Å²) in [5.41, 5.74) is 0.596. The maximum absolute atomic E-state index is 5.15. The highest BCUT2D eigenvalue weighted by Crippen LogP contribution is 2.48. The number of hydrogen-bond acceptors (Lipinski definition) is 3. The van der Waals surface area contributed by atoms with Crippen LogP contribution in [0, 0.1) is 5.41 Å². The summed E-state index contributed by atoms with van der Waals surface area (Å²) in [5, 5.41) is 7.06. The van der Waals surface area contributed by atoms with Crippen molar-refractivity contribution in [3.05, 3.63) is 0 Å². The number of ether oxygens (including phenoxy) is 1. The SMILES string of the molecule is COCCC1(CNC2CCNC2)CC1. The van der Waals surface area contributed by atoms with Crippen molar-refractivity contribution in [3.63, 3.8) is 0 Å². The van der Waals surface area contributed by atoms with Crippen molar-refractivity contribution in [2.24, 2.45) is 5.41 Å². The molecular formula is C11H22N2O. The van der Waals surface area contributed by atoms with Crippen molar-refractivity contribution < 1.29 is 4.74 Å². The topological polar surface area (TPSA) is 33.3 Å². The highest BCUT2D eigenvalue weighted by atomic mass is 16.5. The van der Waals surface area contributed by atoms with Crippen molar-refractivity contribution in [1.82, 2.24) is 10.6 Å². The van der Waals surface area contributed by atoms with Gasteiger partial charge in [-0.05, 0) is 37.6 Å². The minimum Gasteiger partial charge on any atom is -0.385 e. The Bertz CT molecular complexity index is 174. The Kier molecular flexibility index (Phi) is 3.42. The first-order chi connectivity index (χ1) is 6.85. The number of rotatable bonds is 6. The first-order valence-electron chi connectivity index (χ1n) is 5.78. The molecular weight excluding hydrogens is 176 g/mol. The quantitative estimate of drug-likeness (QED) is 0.661. The Morgan fingerprint density at radius 2 is 2.36 bits per heavy atom. The fourth-order valence-electron chi connectivity index (χ4n) is 2.20. The minimum atomic E-state index is 0.596. The average Bonchev–Trinajstić information content (AvgIpc) is 2.77. The fraction of sp³-hybridized carbons (Fsp3) is 1.00. The van der Waals surface area contributed by atoms with Crippen LogP contribution >= 0.6 is 0 Å². The third kappa shape index (κ3) is 2.69. The van der Waals surface area contributed by atoms with Crippen LogP contribution in [0.5, 0.6) is 0 Å². The molecule has 2 N–H and O–H groups in total. The van der Waals surface area contributed by atoms with E-state index in [-0.39, 0.29) is 0 Å². The van der Waals surface area contributed by atoms with Gasteiger partial charge in [0.15, 0.2) is 0 Å². The predicted octanol–water partition coefficient (Wildman–Crippen LogP) is 0.755. The molecule has 1 aliphatic heterocycles. The maximum Gasteiger partial charge on any atom is 0.0468 e. The van der Waals surface area contributed by atoms with E-state index in [1.807, 2.05) is 0 Å². The van der Waals surface area contributed by atoms with Crippen molar-refractivity contribution in [2.45, 2.75) is 31.7 Å². The van der Waals surface area contributed by atoms with Gasteiger partial charge in [-0.25, -0.2) is 0 Å². The summed E-state index contributed by atoms with van der Waals surface area (Å²) in [5.74, 6) is 0. The van der Waals surface area contributed by atoms with Crippen molar-refractivity contribution in [3.8, 4) is 0 Å². The van der Waals surface area contributed by atoms with E-state index in [9.17, 15) is 0 Å². The third-order valence-electron chi connectivity index (χ3n) is 3.62. The molecule has 1 unspecified atom stereocenters.